The number of carbonyl (C=O) groups excluding carboxylic acids is 1. The van der Waals surface area contributed by atoms with Crippen LogP contribution in [0.15, 0.2) is 48.5 Å². The summed E-state index contributed by atoms with van der Waals surface area (Å²) >= 11 is 0. The normalized spacial score (nSPS) is 10.5. The first-order chi connectivity index (χ1) is 9.06. The lowest BCUT2D eigenvalue weighted by Crippen LogP contribution is -2.19. The van der Waals surface area contributed by atoms with Crippen molar-refractivity contribution in [3.05, 3.63) is 59.7 Å². The Kier molecular flexibility index (Phi) is 3.94. The zero-order valence-electron chi connectivity index (χ0n) is 10.4. The van der Waals surface area contributed by atoms with Gasteiger partial charge in [-0.2, -0.15) is 0 Å². The van der Waals surface area contributed by atoms with Crippen molar-refractivity contribution in [3.63, 3.8) is 0 Å². The Labute approximate surface area is 110 Å². The van der Waals surface area contributed by atoms with E-state index in [1.807, 2.05) is 31.2 Å². The van der Waals surface area contributed by atoms with Gasteiger partial charge in [0.25, 0.3) is 0 Å². The number of aryl methyl sites for hydroxylation is 1. The predicted molar refractivity (Wildman–Crippen MR) is 70.3 cm³/mol. The fourth-order valence-electron chi connectivity index (χ4n) is 1.65. The number of Topliss-reactive ketones (excluding diaryl/α,β-unsaturated/α-hetero) is 1. The largest absolute Gasteiger partial charge is 0.457 e. The minimum atomic E-state index is -1.98. The second-order valence-corrected chi connectivity index (χ2v) is 4.18. The molecule has 0 aromatic heterocycles. The van der Waals surface area contributed by atoms with Crippen LogP contribution in [0.2, 0.25) is 0 Å². The van der Waals surface area contributed by atoms with Gasteiger partial charge in [-0.05, 0) is 48.9 Å². The van der Waals surface area contributed by atoms with Gasteiger partial charge in [0.1, 0.15) is 11.5 Å². The average Bonchev–Trinajstić information content (AvgIpc) is 2.39. The summed E-state index contributed by atoms with van der Waals surface area (Å²) in [5.74, 6) is 0.554. The Balaban J connectivity index is 2.13. The van der Waals surface area contributed by atoms with Crippen molar-refractivity contribution in [2.75, 3.05) is 0 Å². The number of hydrogen-bond acceptors (Lipinski definition) is 4. The Hall–Kier alpha value is -2.17. The van der Waals surface area contributed by atoms with E-state index >= 15 is 0 Å². The predicted octanol–water partition coefficient (Wildman–Crippen LogP) is 2.28. The van der Waals surface area contributed by atoms with E-state index in [2.05, 4.69) is 0 Å². The van der Waals surface area contributed by atoms with Gasteiger partial charge in [0.05, 0.1) is 0 Å². The lowest BCUT2D eigenvalue weighted by molar-refractivity contribution is -0.0195. The highest BCUT2D eigenvalue weighted by molar-refractivity contribution is 5.98. The maximum atomic E-state index is 11.3. The second kappa shape index (κ2) is 5.65. The molecule has 0 bridgehead atoms. The summed E-state index contributed by atoms with van der Waals surface area (Å²) < 4.78 is 5.62. The van der Waals surface area contributed by atoms with Gasteiger partial charge in [-0.25, -0.2) is 0 Å². The number of ketones is 1. The van der Waals surface area contributed by atoms with Gasteiger partial charge in [-0.15, -0.1) is 0 Å². The third-order valence-corrected chi connectivity index (χ3v) is 2.60. The first-order valence-corrected chi connectivity index (χ1v) is 5.81. The minimum Gasteiger partial charge on any atom is -0.457 e. The van der Waals surface area contributed by atoms with Crippen LogP contribution in [0.3, 0.4) is 0 Å². The molecular formula is C15H14O4. The minimum absolute atomic E-state index is 0.228. The summed E-state index contributed by atoms with van der Waals surface area (Å²) in [5.41, 5.74) is 1.32. The zero-order valence-corrected chi connectivity index (χ0v) is 10.4. The van der Waals surface area contributed by atoms with Crippen LogP contribution in [-0.2, 0) is 0 Å². The number of rotatable bonds is 4. The average molecular weight is 258 g/mol. The summed E-state index contributed by atoms with van der Waals surface area (Å²) in [5, 5.41) is 17.6. The van der Waals surface area contributed by atoms with Gasteiger partial charge in [-0.3, -0.25) is 4.79 Å². The number of hydrogen-bond donors (Lipinski definition) is 2. The standard InChI is InChI=1S/C15H14O4/c1-10-3-2-4-13(9-10)19-12-7-5-11(6-8-12)14(16)15(17)18/h2-9,15,17-18H,1H3. The van der Waals surface area contributed by atoms with Gasteiger partial charge >= 0.3 is 0 Å². The Morgan fingerprint density at radius 3 is 2.32 bits per heavy atom. The van der Waals surface area contributed by atoms with Crippen LogP contribution in [0, 0.1) is 6.92 Å². The lowest BCUT2D eigenvalue weighted by atomic mass is 10.1. The fraction of sp³-hybridized carbons (Fsp3) is 0.133. The van der Waals surface area contributed by atoms with Crippen molar-refractivity contribution < 1.29 is 19.7 Å². The second-order valence-electron chi connectivity index (χ2n) is 4.18. The quantitative estimate of drug-likeness (QED) is 0.652. The third-order valence-electron chi connectivity index (χ3n) is 2.60. The van der Waals surface area contributed by atoms with E-state index in [4.69, 9.17) is 14.9 Å². The van der Waals surface area contributed by atoms with Crippen molar-refractivity contribution in [1.82, 2.24) is 0 Å². The molecule has 0 radical (unpaired) electrons. The van der Waals surface area contributed by atoms with Crippen molar-refractivity contribution >= 4 is 5.78 Å². The van der Waals surface area contributed by atoms with Gasteiger partial charge in [-0.1, -0.05) is 12.1 Å². The first kappa shape index (κ1) is 13.3. The highest BCUT2D eigenvalue weighted by Crippen LogP contribution is 2.22. The molecule has 0 amide bonds. The van der Waals surface area contributed by atoms with Gasteiger partial charge < -0.3 is 14.9 Å². The molecule has 0 spiro atoms. The van der Waals surface area contributed by atoms with E-state index in [0.717, 1.165) is 5.56 Å². The Bertz CT molecular complexity index is 573. The summed E-state index contributed by atoms with van der Waals surface area (Å²) in [7, 11) is 0. The molecule has 0 atom stereocenters. The molecule has 0 aliphatic carbocycles. The SMILES string of the molecule is Cc1cccc(Oc2ccc(C(=O)C(O)O)cc2)c1. The zero-order chi connectivity index (χ0) is 13.8. The summed E-state index contributed by atoms with van der Waals surface area (Å²) in [6.45, 7) is 1.97. The van der Waals surface area contributed by atoms with Crippen LogP contribution in [0.1, 0.15) is 15.9 Å². The van der Waals surface area contributed by atoms with Crippen LogP contribution in [-0.4, -0.2) is 22.3 Å². The molecule has 0 aliphatic heterocycles. The van der Waals surface area contributed by atoms with Gasteiger partial charge in [0, 0.05) is 5.56 Å². The van der Waals surface area contributed by atoms with E-state index in [-0.39, 0.29) is 5.56 Å². The number of aliphatic hydroxyl groups excluding tert-OH is 1. The van der Waals surface area contributed by atoms with Crippen LogP contribution in [0.5, 0.6) is 11.5 Å². The fourth-order valence-corrected chi connectivity index (χ4v) is 1.65. The molecule has 0 fully saturated rings. The molecular weight excluding hydrogens is 244 g/mol. The lowest BCUT2D eigenvalue weighted by Gasteiger charge is -2.07. The molecule has 0 unspecified atom stereocenters. The monoisotopic (exact) mass is 258 g/mol. The smallest absolute Gasteiger partial charge is 0.218 e. The molecule has 0 aliphatic rings. The van der Waals surface area contributed by atoms with Crippen LogP contribution < -0.4 is 4.74 Å². The molecule has 0 heterocycles. The molecule has 98 valence electrons. The highest BCUT2D eigenvalue weighted by Gasteiger charge is 2.13. The maximum absolute atomic E-state index is 11.3. The maximum Gasteiger partial charge on any atom is 0.218 e. The van der Waals surface area contributed by atoms with E-state index in [1.54, 1.807) is 12.1 Å². The van der Waals surface area contributed by atoms with E-state index in [0.29, 0.717) is 11.5 Å². The van der Waals surface area contributed by atoms with Gasteiger partial charge in [0.15, 0.2) is 0 Å². The molecule has 2 N–H and O–H groups in total. The summed E-state index contributed by atoms with van der Waals surface area (Å²) in [6, 6.07) is 13.8. The van der Waals surface area contributed by atoms with Crippen molar-refractivity contribution in [2.45, 2.75) is 13.2 Å². The third kappa shape index (κ3) is 3.40. The number of carbonyl (C=O) groups is 1. The van der Waals surface area contributed by atoms with Crippen LogP contribution in [0.4, 0.5) is 0 Å². The summed E-state index contributed by atoms with van der Waals surface area (Å²) in [6.07, 6.45) is -1.98. The first-order valence-electron chi connectivity index (χ1n) is 5.81. The highest BCUT2D eigenvalue weighted by atomic mass is 16.5. The molecule has 2 rings (SSSR count). The molecule has 4 heteroatoms. The number of aliphatic hydroxyl groups is 2. The van der Waals surface area contributed by atoms with Crippen molar-refractivity contribution in [3.8, 4) is 11.5 Å². The molecule has 0 saturated carbocycles. The van der Waals surface area contributed by atoms with E-state index in [9.17, 15) is 4.79 Å². The number of benzene rings is 2. The van der Waals surface area contributed by atoms with Crippen molar-refractivity contribution in [2.24, 2.45) is 0 Å². The van der Waals surface area contributed by atoms with E-state index in [1.165, 1.54) is 12.1 Å². The Morgan fingerprint density at radius 1 is 1.05 bits per heavy atom. The molecule has 19 heavy (non-hydrogen) atoms. The topological polar surface area (TPSA) is 66.8 Å². The Morgan fingerprint density at radius 2 is 1.74 bits per heavy atom. The van der Waals surface area contributed by atoms with Crippen LogP contribution in [0.25, 0.3) is 0 Å². The molecule has 2 aromatic carbocycles. The van der Waals surface area contributed by atoms with Gasteiger partial charge in [0.2, 0.25) is 12.1 Å². The molecule has 0 saturated heterocycles. The summed E-state index contributed by atoms with van der Waals surface area (Å²) in [4.78, 5) is 11.3. The number of ether oxygens (including phenoxy) is 1. The van der Waals surface area contributed by atoms with Crippen LogP contribution >= 0.6 is 0 Å². The molecule has 4 nitrogen and oxygen atoms in total. The van der Waals surface area contributed by atoms with Crippen molar-refractivity contribution in [1.29, 1.82) is 0 Å². The van der Waals surface area contributed by atoms with E-state index < -0.39 is 12.1 Å². The molecule has 2 aromatic rings.